The van der Waals surface area contributed by atoms with Crippen molar-refractivity contribution in [2.24, 2.45) is 11.3 Å². The quantitative estimate of drug-likeness (QED) is 0.780. The Labute approximate surface area is 144 Å². The van der Waals surface area contributed by atoms with E-state index in [1.807, 2.05) is 13.0 Å². The Morgan fingerprint density at radius 1 is 1.32 bits per heavy atom. The van der Waals surface area contributed by atoms with Crippen LogP contribution in [0.1, 0.15) is 45.4 Å². The Hall–Kier alpha value is -0.811. The van der Waals surface area contributed by atoms with E-state index in [4.69, 9.17) is 10.8 Å². The third-order valence-corrected chi connectivity index (χ3v) is 2.83. The zero-order valence-corrected chi connectivity index (χ0v) is 15.2. The molecule has 1 atom stereocenters. The van der Waals surface area contributed by atoms with Gasteiger partial charge in [-0.1, -0.05) is 27.7 Å². The molecule has 1 aromatic rings. The molecule has 1 heterocycles. The molecule has 0 bridgehead atoms. The van der Waals surface area contributed by atoms with Crippen molar-refractivity contribution in [2.75, 3.05) is 13.2 Å². The number of hydrogen-bond acceptors (Lipinski definition) is 3. The number of nitrogens with one attached hydrogen (secondary N) is 1. The summed E-state index contributed by atoms with van der Waals surface area (Å²) in [6.45, 7) is 10.3. The fraction of sp³-hybridized carbons (Fsp3) is 0.688. The van der Waals surface area contributed by atoms with Crippen molar-refractivity contribution in [3.8, 4) is 0 Å². The molecule has 0 saturated carbocycles. The van der Waals surface area contributed by atoms with Crippen LogP contribution in [0.15, 0.2) is 16.9 Å². The molecular weight excluding hydrogens is 324 g/mol. The molecule has 1 radical (unpaired) electrons. The van der Waals surface area contributed by atoms with Gasteiger partial charge in [-0.3, -0.25) is 4.79 Å². The number of hydrogen-bond donors (Lipinski definition) is 0. The minimum Gasteiger partial charge on any atom is -0.856 e. The second-order valence-electron chi connectivity index (χ2n) is 6.68. The molecule has 0 saturated heterocycles. The predicted octanol–water partition coefficient (Wildman–Crippen LogP) is 2.51. The zero-order chi connectivity index (χ0) is 16.6. The minimum atomic E-state index is -0.456. The monoisotopic (exact) mass is 351 g/mol. The summed E-state index contributed by atoms with van der Waals surface area (Å²) in [5.41, 5.74) is 7.38. The van der Waals surface area contributed by atoms with Crippen molar-refractivity contribution < 1.29 is 22.2 Å². The van der Waals surface area contributed by atoms with E-state index in [2.05, 4.69) is 27.7 Å². The van der Waals surface area contributed by atoms with Gasteiger partial charge in [0.1, 0.15) is 0 Å². The van der Waals surface area contributed by atoms with E-state index in [0.29, 0.717) is 22.8 Å². The molecule has 1 aromatic heterocycles. The van der Waals surface area contributed by atoms with Crippen molar-refractivity contribution >= 4 is 0 Å². The summed E-state index contributed by atoms with van der Waals surface area (Å²) in [4.78, 5) is 11.4. The Balaban J connectivity index is 0. The van der Waals surface area contributed by atoms with Crippen molar-refractivity contribution in [1.29, 1.82) is 0 Å². The second kappa shape index (κ2) is 10.8. The molecule has 0 aliphatic rings. The Morgan fingerprint density at radius 3 is 2.23 bits per heavy atom. The van der Waals surface area contributed by atoms with Gasteiger partial charge in [0.2, 0.25) is 5.56 Å². The van der Waals surface area contributed by atoms with Crippen molar-refractivity contribution in [2.45, 2.75) is 47.5 Å². The SMILES string of the molecule is Cc1cc(CC(C)CC(C)(C)C)n([O-])c(=O)c1.[Fe+3].[NH-]CC[O-]. The normalized spacial score (nSPS) is 12.0. The molecule has 0 aliphatic heterocycles. The van der Waals surface area contributed by atoms with Crippen molar-refractivity contribution in [3.63, 3.8) is 0 Å². The zero-order valence-electron chi connectivity index (χ0n) is 14.1. The molecule has 0 aliphatic carbocycles. The molecular formula is C16H27FeN2O3. The second-order valence-corrected chi connectivity index (χ2v) is 6.68. The maximum atomic E-state index is 11.6. The summed E-state index contributed by atoms with van der Waals surface area (Å²) in [7, 11) is 0. The maximum Gasteiger partial charge on any atom is 3.00 e. The molecule has 1 unspecified atom stereocenters. The van der Waals surface area contributed by atoms with Gasteiger partial charge >= 0.3 is 17.1 Å². The van der Waals surface area contributed by atoms with Gasteiger partial charge in [-0.25, -0.2) is 0 Å². The maximum absolute atomic E-state index is 11.6. The fourth-order valence-corrected chi connectivity index (χ4v) is 2.37. The van der Waals surface area contributed by atoms with Gasteiger partial charge in [-0.2, -0.15) is 13.2 Å². The molecule has 0 spiro atoms. The number of rotatable bonds is 4. The predicted molar refractivity (Wildman–Crippen MR) is 85.2 cm³/mol. The fourth-order valence-electron chi connectivity index (χ4n) is 2.37. The van der Waals surface area contributed by atoms with E-state index in [0.717, 1.165) is 12.0 Å². The molecule has 127 valence electrons. The summed E-state index contributed by atoms with van der Waals surface area (Å²) in [5, 5.41) is 20.7. The first kappa shape index (κ1) is 23.5. The van der Waals surface area contributed by atoms with Crippen LogP contribution >= 0.6 is 0 Å². The van der Waals surface area contributed by atoms with Gasteiger partial charge in [-0.05, 0) is 42.7 Å². The first-order valence-corrected chi connectivity index (χ1v) is 7.23. The first-order chi connectivity index (χ1) is 9.60. The Morgan fingerprint density at radius 2 is 1.82 bits per heavy atom. The third kappa shape index (κ3) is 10.0. The summed E-state index contributed by atoms with van der Waals surface area (Å²) in [6, 6.07) is 3.19. The van der Waals surface area contributed by atoms with Gasteiger partial charge in [0.25, 0.3) is 0 Å². The smallest absolute Gasteiger partial charge is 0.856 e. The molecule has 1 rings (SSSR count). The van der Waals surface area contributed by atoms with Gasteiger partial charge < -0.3 is 20.8 Å². The Kier molecular flexibility index (Phi) is 11.6. The summed E-state index contributed by atoms with van der Waals surface area (Å²) >= 11 is 0. The number of aryl methyl sites for hydroxylation is 1. The van der Waals surface area contributed by atoms with E-state index < -0.39 is 5.56 Å². The van der Waals surface area contributed by atoms with Crippen LogP contribution in [0, 0.1) is 23.5 Å². The van der Waals surface area contributed by atoms with Crippen molar-refractivity contribution in [3.05, 3.63) is 44.7 Å². The van der Waals surface area contributed by atoms with Crippen LogP contribution in [0.4, 0.5) is 0 Å². The molecule has 0 amide bonds. The van der Waals surface area contributed by atoms with E-state index in [1.54, 1.807) is 0 Å². The molecule has 1 N–H and O–H groups in total. The topological polar surface area (TPSA) is 91.9 Å². The summed E-state index contributed by atoms with van der Waals surface area (Å²) in [5.74, 6) is 0.399. The van der Waals surface area contributed by atoms with Crippen LogP contribution < -0.4 is 10.7 Å². The van der Waals surface area contributed by atoms with Crippen LogP contribution in [-0.2, 0) is 23.5 Å². The average molecular weight is 351 g/mol. The third-order valence-electron chi connectivity index (χ3n) is 2.83. The molecule has 22 heavy (non-hydrogen) atoms. The first-order valence-electron chi connectivity index (χ1n) is 7.23. The largest absolute Gasteiger partial charge is 3.00 e. The van der Waals surface area contributed by atoms with E-state index in [9.17, 15) is 10.0 Å². The van der Waals surface area contributed by atoms with Crippen LogP contribution in [-0.4, -0.2) is 17.9 Å². The van der Waals surface area contributed by atoms with Crippen molar-refractivity contribution in [1.82, 2.24) is 4.73 Å². The van der Waals surface area contributed by atoms with Gasteiger partial charge in [-0.15, -0.1) is 0 Å². The average Bonchev–Trinajstić information content (AvgIpc) is 2.33. The van der Waals surface area contributed by atoms with E-state index >= 15 is 0 Å². The number of pyridine rings is 1. The Bertz CT molecular complexity index is 479. The number of nitrogens with zero attached hydrogens (tertiary/aromatic N) is 1. The standard InChI is InChI=1S/C14H22NO2.C2H5NO.Fe/c1-10-6-12(15(17)13(16)8-10)7-11(2)9-14(3,4)5;3-1-2-4;/h6,8,11H,7,9H2,1-5H3;3H,1-2H2;/q-1;-2;+3. The van der Waals surface area contributed by atoms with Crippen LogP contribution in [0.3, 0.4) is 0 Å². The minimum absolute atomic E-state index is 0. The summed E-state index contributed by atoms with van der Waals surface area (Å²) < 4.78 is 0.520. The van der Waals surface area contributed by atoms with Gasteiger partial charge in [0, 0.05) is 11.8 Å². The molecule has 0 fully saturated rings. The van der Waals surface area contributed by atoms with E-state index in [1.165, 1.54) is 6.07 Å². The van der Waals surface area contributed by atoms with Crippen LogP contribution in [0.5, 0.6) is 0 Å². The van der Waals surface area contributed by atoms with Gasteiger partial charge in [0.05, 0.1) is 0 Å². The van der Waals surface area contributed by atoms with Crippen LogP contribution in [0.25, 0.3) is 5.73 Å². The van der Waals surface area contributed by atoms with E-state index in [-0.39, 0.29) is 35.6 Å². The number of aromatic nitrogens is 1. The van der Waals surface area contributed by atoms with Gasteiger partial charge in [0.15, 0.2) is 0 Å². The van der Waals surface area contributed by atoms with Crippen LogP contribution in [0.2, 0.25) is 0 Å². The molecule has 5 nitrogen and oxygen atoms in total. The summed E-state index contributed by atoms with van der Waals surface area (Å²) in [6.07, 6.45) is 1.70. The molecule has 0 aromatic carbocycles. The molecule has 6 heteroatoms.